The first-order valence-corrected chi connectivity index (χ1v) is 10.1. The van der Waals surface area contributed by atoms with Crippen LogP contribution in [-0.4, -0.2) is 71.7 Å². The highest BCUT2D eigenvalue weighted by Crippen LogP contribution is 2.17. The van der Waals surface area contributed by atoms with E-state index in [9.17, 15) is 4.79 Å². The molecule has 0 saturated carbocycles. The molecule has 0 unspecified atom stereocenters. The van der Waals surface area contributed by atoms with Gasteiger partial charge in [-0.15, -0.1) is 10.2 Å². The first kappa shape index (κ1) is 18.6. The van der Waals surface area contributed by atoms with E-state index in [1.165, 1.54) is 18.4 Å². The maximum absolute atomic E-state index is 12.7. The topological polar surface area (TPSA) is 52.6 Å². The fourth-order valence-corrected chi connectivity index (χ4v) is 3.75. The number of piperazine rings is 1. The first-order valence-electron chi connectivity index (χ1n) is 10.1. The molecule has 1 aromatic carbocycles. The van der Waals surface area contributed by atoms with E-state index in [0.29, 0.717) is 5.69 Å². The van der Waals surface area contributed by atoms with Crippen LogP contribution < -0.4 is 4.90 Å². The van der Waals surface area contributed by atoms with Crippen LogP contribution in [0, 0.1) is 0 Å². The van der Waals surface area contributed by atoms with Crippen LogP contribution >= 0.6 is 0 Å². The van der Waals surface area contributed by atoms with E-state index in [-0.39, 0.29) is 5.91 Å². The maximum atomic E-state index is 12.7. The second kappa shape index (κ2) is 8.97. The lowest BCUT2D eigenvalue weighted by molar-refractivity contribution is 0.0643. The first-order chi connectivity index (χ1) is 13.8. The lowest BCUT2D eigenvalue weighted by atomic mass is 10.2. The van der Waals surface area contributed by atoms with Crippen molar-refractivity contribution >= 4 is 17.8 Å². The SMILES string of the molecule is O=C(c1ccc(N2CCCC2)nn1)N1CCN(C/C=C/c2ccccc2)CC1. The largest absolute Gasteiger partial charge is 0.355 e. The highest BCUT2D eigenvalue weighted by atomic mass is 16.2. The summed E-state index contributed by atoms with van der Waals surface area (Å²) in [7, 11) is 0. The second-order valence-corrected chi connectivity index (χ2v) is 7.38. The molecule has 4 rings (SSSR count). The van der Waals surface area contributed by atoms with Crippen molar-refractivity contribution in [2.75, 3.05) is 50.7 Å². The molecule has 6 heteroatoms. The summed E-state index contributed by atoms with van der Waals surface area (Å²) in [6, 6.07) is 14.1. The van der Waals surface area contributed by atoms with E-state index < -0.39 is 0 Å². The van der Waals surface area contributed by atoms with Crippen molar-refractivity contribution in [2.24, 2.45) is 0 Å². The number of carbonyl (C=O) groups excluding carboxylic acids is 1. The van der Waals surface area contributed by atoms with E-state index in [1.807, 2.05) is 35.2 Å². The van der Waals surface area contributed by atoms with Crippen molar-refractivity contribution in [3.63, 3.8) is 0 Å². The van der Waals surface area contributed by atoms with Crippen LogP contribution in [0.25, 0.3) is 6.08 Å². The molecule has 146 valence electrons. The number of anilines is 1. The molecule has 2 fully saturated rings. The second-order valence-electron chi connectivity index (χ2n) is 7.38. The number of benzene rings is 1. The summed E-state index contributed by atoms with van der Waals surface area (Å²) in [4.78, 5) is 19.2. The normalized spacial score (nSPS) is 18.1. The smallest absolute Gasteiger partial charge is 0.274 e. The number of rotatable bonds is 5. The molecule has 3 heterocycles. The fourth-order valence-electron chi connectivity index (χ4n) is 3.75. The molecular formula is C22H27N5O. The van der Waals surface area contributed by atoms with Crippen molar-refractivity contribution in [3.05, 3.63) is 59.8 Å². The van der Waals surface area contributed by atoms with Gasteiger partial charge in [0.2, 0.25) is 0 Å². The molecule has 1 aromatic heterocycles. The Balaban J connectivity index is 1.26. The summed E-state index contributed by atoms with van der Waals surface area (Å²) in [6.07, 6.45) is 6.74. The molecule has 2 aliphatic rings. The van der Waals surface area contributed by atoms with E-state index in [4.69, 9.17) is 0 Å². The molecule has 0 bridgehead atoms. The van der Waals surface area contributed by atoms with Crippen LogP contribution in [0.5, 0.6) is 0 Å². The molecule has 1 amide bonds. The number of carbonyl (C=O) groups is 1. The quantitative estimate of drug-likeness (QED) is 0.802. The number of hydrogen-bond acceptors (Lipinski definition) is 5. The highest BCUT2D eigenvalue weighted by molar-refractivity contribution is 5.92. The molecule has 28 heavy (non-hydrogen) atoms. The molecule has 0 spiro atoms. The van der Waals surface area contributed by atoms with Crippen LogP contribution in [0.1, 0.15) is 28.9 Å². The van der Waals surface area contributed by atoms with Crippen LogP contribution in [0.3, 0.4) is 0 Å². The zero-order chi connectivity index (χ0) is 19.2. The van der Waals surface area contributed by atoms with Gasteiger partial charge in [0.25, 0.3) is 5.91 Å². The Kier molecular flexibility index (Phi) is 5.97. The van der Waals surface area contributed by atoms with Gasteiger partial charge in [-0.25, -0.2) is 0 Å². The van der Waals surface area contributed by atoms with E-state index in [1.54, 1.807) is 0 Å². The summed E-state index contributed by atoms with van der Waals surface area (Å²) in [6.45, 7) is 6.18. The molecule has 0 N–H and O–H groups in total. The number of nitrogens with zero attached hydrogens (tertiary/aromatic N) is 5. The Hall–Kier alpha value is -2.73. The Bertz CT molecular complexity index is 791. The predicted octanol–water partition coefficient (Wildman–Crippen LogP) is 2.55. The molecule has 0 aliphatic carbocycles. The maximum Gasteiger partial charge on any atom is 0.274 e. The molecular weight excluding hydrogens is 350 g/mol. The van der Waals surface area contributed by atoms with Gasteiger partial charge in [-0.3, -0.25) is 9.69 Å². The third kappa shape index (κ3) is 4.57. The number of aromatic nitrogens is 2. The fraction of sp³-hybridized carbons (Fsp3) is 0.409. The molecule has 6 nitrogen and oxygen atoms in total. The van der Waals surface area contributed by atoms with E-state index in [0.717, 1.165) is 51.6 Å². The zero-order valence-corrected chi connectivity index (χ0v) is 16.2. The van der Waals surface area contributed by atoms with Crippen molar-refractivity contribution < 1.29 is 4.79 Å². The summed E-state index contributed by atoms with van der Waals surface area (Å²) >= 11 is 0. The number of hydrogen-bond donors (Lipinski definition) is 0. The summed E-state index contributed by atoms with van der Waals surface area (Å²) in [5, 5.41) is 8.46. The average Bonchev–Trinajstić information content (AvgIpc) is 3.30. The Morgan fingerprint density at radius 3 is 2.32 bits per heavy atom. The average molecular weight is 377 g/mol. The van der Waals surface area contributed by atoms with Crippen molar-refractivity contribution in [3.8, 4) is 0 Å². The minimum atomic E-state index is -0.0139. The lowest BCUT2D eigenvalue weighted by Crippen LogP contribution is -2.48. The zero-order valence-electron chi connectivity index (χ0n) is 16.2. The Morgan fingerprint density at radius 1 is 0.893 bits per heavy atom. The van der Waals surface area contributed by atoms with Crippen LogP contribution in [0.2, 0.25) is 0 Å². The third-order valence-corrected chi connectivity index (χ3v) is 5.43. The van der Waals surface area contributed by atoms with Gasteiger partial charge in [0.05, 0.1) is 0 Å². The van der Waals surface area contributed by atoms with E-state index in [2.05, 4.69) is 44.3 Å². The Labute approximate surface area is 166 Å². The van der Waals surface area contributed by atoms with Gasteiger partial charge in [-0.05, 0) is 30.5 Å². The van der Waals surface area contributed by atoms with Crippen molar-refractivity contribution in [2.45, 2.75) is 12.8 Å². The van der Waals surface area contributed by atoms with Gasteiger partial charge >= 0.3 is 0 Å². The molecule has 2 aliphatic heterocycles. The van der Waals surface area contributed by atoms with Gasteiger partial charge in [0.1, 0.15) is 0 Å². The minimum Gasteiger partial charge on any atom is -0.355 e. The highest BCUT2D eigenvalue weighted by Gasteiger charge is 2.23. The summed E-state index contributed by atoms with van der Waals surface area (Å²) < 4.78 is 0. The van der Waals surface area contributed by atoms with Gasteiger partial charge in [-0.2, -0.15) is 0 Å². The predicted molar refractivity (Wildman–Crippen MR) is 111 cm³/mol. The Morgan fingerprint density at radius 2 is 1.64 bits per heavy atom. The molecule has 2 saturated heterocycles. The third-order valence-electron chi connectivity index (χ3n) is 5.43. The van der Waals surface area contributed by atoms with Gasteiger partial charge < -0.3 is 9.80 Å². The minimum absolute atomic E-state index is 0.0139. The van der Waals surface area contributed by atoms with Gasteiger partial charge in [0.15, 0.2) is 11.5 Å². The number of amides is 1. The van der Waals surface area contributed by atoms with Gasteiger partial charge in [0, 0.05) is 45.8 Å². The van der Waals surface area contributed by atoms with Crippen LogP contribution in [0.15, 0.2) is 48.5 Å². The molecule has 0 radical (unpaired) electrons. The summed E-state index contributed by atoms with van der Waals surface area (Å²) in [5.74, 6) is 0.865. The summed E-state index contributed by atoms with van der Waals surface area (Å²) in [5.41, 5.74) is 1.66. The van der Waals surface area contributed by atoms with Crippen molar-refractivity contribution in [1.82, 2.24) is 20.0 Å². The lowest BCUT2D eigenvalue weighted by Gasteiger charge is -2.33. The van der Waals surface area contributed by atoms with Crippen molar-refractivity contribution in [1.29, 1.82) is 0 Å². The molecule has 2 aromatic rings. The van der Waals surface area contributed by atoms with E-state index >= 15 is 0 Å². The van der Waals surface area contributed by atoms with Crippen LogP contribution in [0.4, 0.5) is 5.82 Å². The van der Waals surface area contributed by atoms with Crippen LogP contribution in [-0.2, 0) is 0 Å². The molecule has 0 atom stereocenters. The van der Waals surface area contributed by atoms with Gasteiger partial charge in [-0.1, -0.05) is 42.5 Å². The standard InChI is InChI=1S/C22H27N5O/c28-22(20-10-11-21(24-23-20)26-13-4-5-14-26)27-17-15-25(16-18-27)12-6-9-19-7-2-1-3-8-19/h1-3,6-11H,4-5,12-18H2/b9-6+. The monoisotopic (exact) mass is 377 g/mol.